The van der Waals surface area contributed by atoms with E-state index < -0.39 is 17.6 Å². The van der Waals surface area contributed by atoms with Crippen LogP contribution in [0.1, 0.15) is 32.0 Å². The summed E-state index contributed by atoms with van der Waals surface area (Å²) >= 11 is 0. The molecule has 0 amide bonds. The third-order valence-corrected chi connectivity index (χ3v) is 2.49. The quantitative estimate of drug-likeness (QED) is 0.668. The minimum absolute atomic E-state index is 0.165. The Labute approximate surface area is 109 Å². The molecule has 1 aromatic carbocycles. The van der Waals surface area contributed by atoms with Crippen molar-refractivity contribution in [2.45, 2.75) is 33.4 Å². The van der Waals surface area contributed by atoms with E-state index >= 15 is 0 Å². The largest absolute Gasteiger partial charge is 0.417 e. The van der Waals surface area contributed by atoms with Crippen molar-refractivity contribution in [3.05, 3.63) is 41.3 Å². The number of aryl methyl sites for hydroxylation is 1. The Hall–Kier alpha value is -1.65. The van der Waals surface area contributed by atoms with E-state index in [0.717, 1.165) is 18.2 Å². The van der Waals surface area contributed by atoms with E-state index in [9.17, 15) is 17.6 Å². The molecule has 0 bridgehead atoms. The average molecular weight is 273 g/mol. The maximum atomic E-state index is 13.0. The number of halogens is 4. The monoisotopic (exact) mass is 273 g/mol. The lowest BCUT2D eigenvalue weighted by atomic mass is 10.1. The molecule has 0 spiro atoms. The first-order chi connectivity index (χ1) is 8.91. The number of rotatable bonds is 1. The van der Waals surface area contributed by atoms with Crippen molar-refractivity contribution >= 4 is 10.9 Å². The first-order valence-corrected chi connectivity index (χ1v) is 6.08. The summed E-state index contributed by atoms with van der Waals surface area (Å²) in [4.78, 5) is 4.04. The Balaban J connectivity index is 0.000000861. The summed E-state index contributed by atoms with van der Waals surface area (Å²) in [5, 5.41) is -0.199. The Kier molecular flexibility index (Phi) is 4.86. The maximum absolute atomic E-state index is 13.0. The number of nitrogens with zero attached hydrogens (tertiary/aromatic N) is 1. The summed E-state index contributed by atoms with van der Waals surface area (Å²) in [7, 11) is 0. The minimum Gasteiger partial charge on any atom is -0.253 e. The first kappa shape index (κ1) is 15.4. The maximum Gasteiger partial charge on any atom is 0.417 e. The number of aromatic nitrogens is 1. The normalized spacial score (nSPS) is 11.1. The minimum atomic E-state index is -4.50. The van der Waals surface area contributed by atoms with Crippen LogP contribution >= 0.6 is 0 Å². The van der Waals surface area contributed by atoms with Gasteiger partial charge in [0.15, 0.2) is 0 Å². The molecular formula is C14H15F4N. The van der Waals surface area contributed by atoms with Gasteiger partial charge in [0, 0.05) is 11.1 Å². The summed E-state index contributed by atoms with van der Waals surface area (Å²) < 4.78 is 51.4. The van der Waals surface area contributed by atoms with Gasteiger partial charge in [0.1, 0.15) is 5.82 Å². The van der Waals surface area contributed by atoms with Gasteiger partial charge in [-0.2, -0.15) is 13.2 Å². The molecular weight excluding hydrogens is 258 g/mol. The molecule has 0 aliphatic rings. The molecule has 2 rings (SSSR count). The number of alkyl halides is 3. The van der Waals surface area contributed by atoms with E-state index in [1.165, 1.54) is 6.07 Å². The van der Waals surface area contributed by atoms with Crippen molar-refractivity contribution in [2.75, 3.05) is 0 Å². The molecule has 0 fully saturated rings. The van der Waals surface area contributed by atoms with Gasteiger partial charge in [-0.25, -0.2) is 4.39 Å². The van der Waals surface area contributed by atoms with Crippen LogP contribution in [0, 0.1) is 5.82 Å². The lowest BCUT2D eigenvalue weighted by Gasteiger charge is -2.11. The summed E-state index contributed by atoms with van der Waals surface area (Å²) in [5.41, 5.74) is -0.326. The SMILES string of the molecule is CC.CCc1cc(C(F)(F)F)c2cc(F)ccc2n1. The van der Waals surface area contributed by atoms with Crippen LogP contribution in [0.25, 0.3) is 10.9 Å². The van der Waals surface area contributed by atoms with Crippen molar-refractivity contribution in [1.82, 2.24) is 4.98 Å². The Morgan fingerprint density at radius 3 is 2.26 bits per heavy atom. The van der Waals surface area contributed by atoms with E-state index in [2.05, 4.69) is 4.98 Å². The van der Waals surface area contributed by atoms with Crippen LogP contribution in [0.3, 0.4) is 0 Å². The van der Waals surface area contributed by atoms with Gasteiger partial charge >= 0.3 is 6.18 Å². The Morgan fingerprint density at radius 1 is 1.11 bits per heavy atom. The average Bonchev–Trinajstić information content (AvgIpc) is 2.38. The van der Waals surface area contributed by atoms with Crippen molar-refractivity contribution in [1.29, 1.82) is 0 Å². The highest BCUT2D eigenvalue weighted by atomic mass is 19.4. The van der Waals surface area contributed by atoms with E-state index in [4.69, 9.17) is 0 Å². The van der Waals surface area contributed by atoms with Gasteiger partial charge in [0.05, 0.1) is 11.1 Å². The number of hydrogen-bond donors (Lipinski definition) is 0. The zero-order valence-corrected chi connectivity index (χ0v) is 11.0. The van der Waals surface area contributed by atoms with Gasteiger partial charge < -0.3 is 0 Å². The molecule has 5 heteroatoms. The third-order valence-electron chi connectivity index (χ3n) is 2.49. The van der Waals surface area contributed by atoms with Crippen LogP contribution in [-0.4, -0.2) is 4.98 Å². The van der Waals surface area contributed by atoms with Crippen molar-refractivity contribution in [3.8, 4) is 0 Å². The van der Waals surface area contributed by atoms with Gasteiger partial charge in [0.25, 0.3) is 0 Å². The molecule has 0 saturated carbocycles. The molecule has 1 aromatic heterocycles. The number of hydrogen-bond acceptors (Lipinski definition) is 1. The summed E-state index contributed by atoms with van der Waals surface area (Å²) in [6, 6.07) is 4.21. The summed E-state index contributed by atoms with van der Waals surface area (Å²) in [6.07, 6.45) is -4.10. The number of pyridine rings is 1. The van der Waals surface area contributed by atoms with Crippen LogP contribution in [0.4, 0.5) is 17.6 Å². The Bertz CT molecular complexity index is 561. The second-order valence-electron chi connectivity index (χ2n) is 3.67. The van der Waals surface area contributed by atoms with E-state index in [-0.39, 0.29) is 10.9 Å². The molecule has 0 aliphatic heterocycles. The van der Waals surface area contributed by atoms with Gasteiger partial charge in [-0.15, -0.1) is 0 Å². The standard InChI is InChI=1S/C12H9F4N.C2H6/c1-2-8-6-10(12(14,15)16)9-5-7(13)3-4-11(9)17-8;1-2/h3-6H,2H2,1H3;1-2H3. The van der Waals surface area contributed by atoms with Crippen LogP contribution < -0.4 is 0 Å². The highest BCUT2D eigenvalue weighted by Gasteiger charge is 2.33. The Morgan fingerprint density at radius 2 is 1.74 bits per heavy atom. The van der Waals surface area contributed by atoms with Crippen LogP contribution in [0.2, 0.25) is 0 Å². The molecule has 0 unspecified atom stereocenters. The molecule has 0 aliphatic carbocycles. The lowest BCUT2D eigenvalue weighted by molar-refractivity contribution is -0.136. The van der Waals surface area contributed by atoms with Gasteiger partial charge in [-0.1, -0.05) is 20.8 Å². The van der Waals surface area contributed by atoms with E-state index in [1.54, 1.807) is 6.92 Å². The molecule has 19 heavy (non-hydrogen) atoms. The van der Waals surface area contributed by atoms with Crippen molar-refractivity contribution in [2.24, 2.45) is 0 Å². The third kappa shape index (κ3) is 3.43. The first-order valence-electron chi connectivity index (χ1n) is 6.08. The number of fused-ring (bicyclic) bond motifs is 1. The van der Waals surface area contributed by atoms with Gasteiger partial charge in [-0.3, -0.25) is 4.98 Å². The molecule has 1 nitrogen and oxygen atoms in total. The highest BCUT2D eigenvalue weighted by Crippen LogP contribution is 2.35. The fourth-order valence-corrected chi connectivity index (χ4v) is 1.67. The van der Waals surface area contributed by atoms with Crippen LogP contribution in [0.15, 0.2) is 24.3 Å². The fraction of sp³-hybridized carbons (Fsp3) is 0.357. The van der Waals surface area contributed by atoms with Gasteiger partial charge in [0.2, 0.25) is 0 Å². The molecule has 0 atom stereocenters. The van der Waals surface area contributed by atoms with Crippen molar-refractivity contribution < 1.29 is 17.6 Å². The second kappa shape index (κ2) is 5.99. The van der Waals surface area contributed by atoms with Crippen LogP contribution in [0.5, 0.6) is 0 Å². The topological polar surface area (TPSA) is 12.9 Å². The zero-order chi connectivity index (χ0) is 14.6. The van der Waals surface area contributed by atoms with E-state index in [1.807, 2.05) is 13.8 Å². The summed E-state index contributed by atoms with van der Waals surface area (Å²) in [5.74, 6) is -0.700. The van der Waals surface area contributed by atoms with E-state index in [0.29, 0.717) is 12.1 Å². The number of benzene rings is 1. The molecule has 2 aromatic rings. The zero-order valence-electron chi connectivity index (χ0n) is 11.0. The summed E-state index contributed by atoms with van der Waals surface area (Å²) in [6.45, 7) is 5.72. The fourth-order valence-electron chi connectivity index (χ4n) is 1.67. The highest BCUT2D eigenvalue weighted by molar-refractivity contribution is 5.83. The molecule has 0 N–H and O–H groups in total. The lowest BCUT2D eigenvalue weighted by Crippen LogP contribution is -2.08. The van der Waals surface area contributed by atoms with Crippen molar-refractivity contribution in [3.63, 3.8) is 0 Å². The smallest absolute Gasteiger partial charge is 0.253 e. The molecule has 0 saturated heterocycles. The van der Waals surface area contributed by atoms with Gasteiger partial charge in [-0.05, 0) is 30.7 Å². The van der Waals surface area contributed by atoms with Crippen LogP contribution in [-0.2, 0) is 12.6 Å². The second-order valence-corrected chi connectivity index (χ2v) is 3.67. The molecule has 0 radical (unpaired) electrons. The predicted octanol–water partition coefficient (Wildman–Crippen LogP) is 4.98. The molecule has 104 valence electrons. The molecule has 1 heterocycles. The predicted molar refractivity (Wildman–Crippen MR) is 67.4 cm³/mol.